The summed E-state index contributed by atoms with van der Waals surface area (Å²) in [6, 6.07) is 14.1. The number of sulfone groups is 1. The second-order valence-electron chi connectivity index (χ2n) is 14.6. The molecule has 0 bridgehead atoms. The van der Waals surface area contributed by atoms with Gasteiger partial charge in [-0.05, 0) is 61.4 Å². The molecule has 0 fully saturated rings. The zero-order chi connectivity index (χ0) is 55.8. The minimum Gasteiger partial charge on any atom is -0.489 e. The number of ether oxygens (including phenoxy) is 5. The van der Waals surface area contributed by atoms with Gasteiger partial charge in [0.15, 0.2) is 21.0 Å². The van der Waals surface area contributed by atoms with E-state index in [0.29, 0.717) is 32.3 Å². The van der Waals surface area contributed by atoms with Crippen molar-refractivity contribution in [2.24, 2.45) is 7.05 Å². The highest BCUT2D eigenvalue weighted by molar-refractivity contribution is 7.93. The summed E-state index contributed by atoms with van der Waals surface area (Å²) < 4.78 is 127. The number of carbonyl (C=O) groups excluding carboxylic acids is 2. The number of pyridine rings is 1. The molecule has 3 aromatic heterocycles. The number of nitrogens with zero attached hydrogens (tertiary/aromatic N) is 5. The number of carboxylic acid groups (broad SMARTS) is 1. The van der Waals surface area contributed by atoms with Crippen LogP contribution in [0.15, 0.2) is 92.4 Å². The van der Waals surface area contributed by atoms with Crippen molar-refractivity contribution < 1.29 is 87.5 Å². The first kappa shape index (κ1) is 60.9. The summed E-state index contributed by atoms with van der Waals surface area (Å²) in [4.78, 5) is 85.4. The fourth-order valence-electron chi connectivity index (χ4n) is 5.69. The number of hydrogen-bond donors (Lipinski definition) is 6. The molecular weight excluding hydrogens is 1060 g/mol. The number of sulfonamides is 1. The van der Waals surface area contributed by atoms with Gasteiger partial charge in [0, 0.05) is 24.9 Å². The van der Waals surface area contributed by atoms with Crippen LogP contribution < -0.4 is 45.6 Å². The van der Waals surface area contributed by atoms with Crippen molar-refractivity contribution in [2.45, 2.75) is 56.0 Å². The topological polar surface area (TPSA) is 362 Å². The van der Waals surface area contributed by atoms with Gasteiger partial charge in [0.1, 0.15) is 28.7 Å². The molecule has 0 spiro atoms. The minimum atomic E-state index is -4.84. The first-order valence-corrected chi connectivity index (χ1v) is 25.9. The van der Waals surface area contributed by atoms with Gasteiger partial charge in [0.25, 0.3) is 15.6 Å². The van der Waals surface area contributed by atoms with E-state index in [0.717, 1.165) is 31.3 Å². The summed E-state index contributed by atoms with van der Waals surface area (Å²) in [5, 5.41) is 11.4. The second-order valence-corrected chi connectivity index (χ2v) is 20.1. The average molecular weight is 1110 g/mol. The van der Waals surface area contributed by atoms with Gasteiger partial charge in [0.2, 0.25) is 17.7 Å². The molecular formula is C42H50F3N8O18PS2. The van der Waals surface area contributed by atoms with Gasteiger partial charge < -0.3 is 38.6 Å². The SMILES string of the molecule is CCS(=O)(=O)c1cccnc1S(=O)(=O)NC(=O)Nc1nc(OC)cc(OC)n1.CCc1ccc(COc2ccc(-n3c(=O)cc(C(F)(F)F)n(C)c3=O)cc2)c(OC(C)C(=O)OC)c1.O=C(O)CNCP(=O)(O)O. The van der Waals surface area contributed by atoms with Gasteiger partial charge in [-0.15, -0.1) is 0 Å². The van der Waals surface area contributed by atoms with Crippen LogP contribution in [0.4, 0.5) is 23.9 Å². The highest BCUT2D eigenvalue weighted by Crippen LogP contribution is 2.32. The number of hydrogen-bond acceptors (Lipinski definition) is 19. The van der Waals surface area contributed by atoms with Crippen molar-refractivity contribution in [3.05, 3.63) is 111 Å². The van der Waals surface area contributed by atoms with E-state index in [1.807, 2.05) is 25.1 Å². The van der Waals surface area contributed by atoms with Gasteiger partial charge in [-0.25, -0.2) is 37.1 Å². The Morgan fingerprint density at radius 2 is 1.53 bits per heavy atom. The predicted octanol–water partition coefficient (Wildman–Crippen LogP) is 2.63. The van der Waals surface area contributed by atoms with Crippen LogP contribution in [0.25, 0.3) is 5.69 Å². The summed E-state index contributed by atoms with van der Waals surface area (Å²) in [7, 11) is -7.73. The lowest BCUT2D eigenvalue weighted by Gasteiger charge is -2.17. The number of aliphatic carboxylic acids is 1. The van der Waals surface area contributed by atoms with Gasteiger partial charge in [-0.1, -0.05) is 26.0 Å². The number of aromatic nitrogens is 5. The second kappa shape index (κ2) is 26.5. The molecule has 5 rings (SSSR count). The van der Waals surface area contributed by atoms with Crippen LogP contribution in [0.3, 0.4) is 0 Å². The Morgan fingerprint density at radius 1 is 0.905 bits per heavy atom. The maximum absolute atomic E-state index is 13.1. The molecule has 26 nitrogen and oxygen atoms in total. The first-order valence-electron chi connectivity index (χ1n) is 21.0. The molecule has 0 aliphatic carbocycles. The quantitative estimate of drug-likeness (QED) is 0.0511. The summed E-state index contributed by atoms with van der Waals surface area (Å²) in [5.41, 5.74) is -1.80. The van der Waals surface area contributed by atoms with Crippen LogP contribution in [0.2, 0.25) is 0 Å². The number of aryl methyl sites for hydroxylation is 1. The first-order chi connectivity index (χ1) is 34.5. The third-order valence-electron chi connectivity index (χ3n) is 9.33. The predicted molar refractivity (Wildman–Crippen MR) is 254 cm³/mol. The normalized spacial score (nSPS) is 11.8. The Balaban J connectivity index is 0.000000337. The summed E-state index contributed by atoms with van der Waals surface area (Å²) in [5.74, 6) is -1.35. The molecule has 2 amide bonds. The monoisotopic (exact) mass is 1110 g/mol. The lowest BCUT2D eigenvalue weighted by molar-refractivity contribution is -0.148. The Morgan fingerprint density at radius 3 is 2.05 bits per heavy atom. The maximum atomic E-state index is 13.1. The zero-order valence-electron chi connectivity index (χ0n) is 40.1. The number of benzene rings is 2. The van der Waals surface area contributed by atoms with Crippen molar-refractivity contribution >= 4 is 51.4 Å². The molecule has 0 aliphatic rings. The number of carbonyl (C=O) groups is 3. The van der Waals surface area contributed by atoms with E-state index in [4.69, 9.17) is 38.6 Å². The van der Waals surface area contributed by atoms with Crippen LogP contribution >= 0.6 is 7.60 Å². The number of methoxy groups -OCH3 is 3. The standard InChI is InChI=1S/C25H25F3N2O6.C14H17N5O7S2.C3H8NO5P/c1-5-16-6-7-17(20(12-16)36-15(2)23(32)34-4)14-35-19-10-8-18(9-11-19)30-22(31)13-21(25(26,27)28)29(3)24(30)33;1-4-27(21,22)9-6-5-7-15-12(9)28(23,24)19-14(20)18-13-16-10(25-2)8-11(17-13)26-3;5-3(6)1-4-2-10(7,8)9/h6-13,15H,5,14H2,1-4H3;5-8H,4H2,1-3H3,(H2,16,17,18,19,20);4H,1-2H2,(H,5,6)(H2,7,8,9). The van der Waals surface area contributed by atoms with Crippen LogP contribution in [0.1, 0.15) is 37.6 Å². The molecule has 5 aromatic rings. The molecule has 404 valence electrons. The number of halogens is 3. The van der Waals surface area contributed by atoms with Crippen molar-refractivity contribution in [2.75, 3.05) is 45.2 Å². The third-order valence-corrected chi connectivity index (χ3v) is 13.1. The number of amides is 2. The number of esters is 1. The number of urea groups is 1. The highest BCUT2D eigenvalue weighted by Gasteiger charge is 2.35. The molecule has 2 aromatic carbocycles. The fourth-order valence-corrected chi connectivity index (χ4v) is 8.64. The van der Waals surface area contributed by atoms with Crippen LogP contribution in [0.5, 0.6) is 23.3 Å². The number of alkyl halides is 3. The molecule has 1 unspecified atom stereocenters. The number of nitrogens with one attached hydrogen (secondary N) is 3. The Labute approximate surface area is 419 Å². The molecule has 0 saturated carbocycles. The molecule has 6 N–H and O–H groups in total. The van der Waals surface area contributed by atoms with Gasteiger partial charge in [-0.3, -0.25) is 29.4 Å². The molecule has 74 heavy (non-hydrogen) atoms. The fraction of sp³-hybridized carbons (Fsp3) is 0.333. The van der Waals surface area contributed by atoms with Gasteiger partial charge in [-0.2, -0.15) is 31.6 Å². The number of rotatable bonds is 19. The van der Waals surface area contributed by atoms with E-state index >= 15 is 0 Å². The van der Waals surface area contributed by atoms with Gasteiger partial charge in [0.05, 0.1) is 51.7 Å². The molecule has 3 heterocycles. The summed E-state index contributed by atoms with van der Waals surface area (Å²) in [6.45, 7) is 4.54. The van der Waals surface area contributed by atoms with Crippen molar-refractivity contribution in [3.63, 3.8) is 0 Å². The molecule has 0 saturated heterocycles. The molecule has 1 atom stereocenters. The van der Waals surface area contributed by atoms with Crippen LogP contribution in [-0.4, -0.2) is 120 Å². The highest BCUT2D eigenvalue weighted by atomic mass is 32.2. The van der Waals surface area contributed by atoms with E-state index in [2.05, 4.69) is 25.6 Å². The number of carboxylic acids is 1. The van der Waals surface area contributed by atoms with E-state index in [1.165, 1.54) is 64.7 Å². The zero-order valence-corrected chi connectivity index (χ0v) is 42.7. The Kier molecular flexibility index (Phi) is 21.8. The van der Waals surface area contributed by atoms with Crippen molar-refractivity contribution in [1.82, 2.24) is 34.1 Å². The maximum Gasteiger partial charge on any atom is 0.431 e. The minimum absolute atomic E-state index is 0.0612. The Hall–Kier alpha value is -7.44. The lowest BCUT2D eigenvalue weighted by atomic mass is 10.1. The van der Waals surface area contributed by atoms with Crippen LogP contribution in [-0.2, 0) is 65.0 Å². The molecule has 0 aliphatic heterocycles. The molecule has 32 heteroatoms. The lowest BCUT2D eigenvalue weighted by Crippen LogP contribution is -2.40. The summed E-state index contributed by atoms with van der Waals surface area (Å²) >= 11 is 0. The van der Waals surface area contributed by atoms with E-state index in [-0.39, 0.29) is 35.8 Å². The van der Waals surface area contributed by atoms with Crippen LogP contribution in [0, 0.1) is 0 Å². The third kappa shape index (κ3) is 17.9. The van der Waals surface area contributed by atoms with Crippen molar-refractivity contribution in [3.8, 4) is 28.9 Å². The summed E-state index contributed by atoms with van der Waals surface area (Å²) in [6.07, 6.45) is -4.41. The largest absolute Gasteiger partial charge is 0.489 e. The van der Waals surface area contributed by atoms with E-state index in [9.17, 15) is 58.5 Å². The van der Waals surface area contributed by atoms with Gasteiger partial charge >= 0.3 is 37.4 Å². The van der Waals surface area contributed by atoms with E-state index in [1.54, 1.807) is 11.6 Å². The molecule has 0 radical (unpaired) electrons. The number of anilines is 1. The smallest absolute Gasteiger partial charge is 0.431 e. The Bertz CT molecular complexity index is 3170. The van der Waals surface area contributed by atoms with Crippen molar-refractivity contribution in [1.29, 1.82) is 0 Å². The van der Waals surface area contributed by atoms with E-state index < -0.39 is 97.4 Å². The average Bonchev–Trinajstić information content (AvgIpc) is 3.33.